The Morgan fingerprint density at radius 3 is 2.27 bits per heavy atom. The van der Waals surface area contributed by atoms with Gasteiger partial charge in [-0.15, -0.1) is 0 Å². The molecule has 2 aliphatic rings. The Hall–Kier alpha value is -3.75. The van der Waals surface area contributed by atoms with Gasteiger partial charge in [-0.3, -0.25) is 24.1 Å². The predicted octanol–water partition coefficient (Wildman–Crippen LogP) is 4.47. The second-order valence-corrected chi connectivity index (χ2v) is 21.1. The Morgan fingerprint density at radius 1 is 1.00 bits per heavy atom. The number of carbonyl (C=O) groups is 2. The van der Waals surface area contributed by atoms with Gasteiger partial charge in [-0.2, -0.15) is 0 Å². The molecule has 1 aliphatic heterocycles. The first kappa shape index (κ1) is 38.1. The monoisotopic (exact) mass is 698 g/mol. The van der Waals surface area contributed by atoms with E-state index < -0.39 is 42.6 Å². The molecule has 3 amide bonds. The van der Waals surface area contributed by atoms with Crippen LogP contribution in [-0.2, 0) is 27.4 Å². The number of nitrogens with two attached hydrogens (primary N) is 1. The van der Waals surface area contributed by atoms with Crippen molar-refractivity contribution >= 4 is 25.8 Å². The summed E-state index contributed by atoms with van der Waals surface area (Å²) in [5, 5.41) is 18.9. The molecule has 13 nitrogen and oxygen atoms in total. The first-order valence-electron chi connectivity index (χ1n) is 17.2. The zero-order valence-corrected chi connectivity index (χ0v) is 30.9. The number of hydrogen-bond donors (Lipinski definition) is 3. The first-order chi connectivity index (χ1) is 23.0. The number of amidine groups is 1. The first-order valence-corrected chi connectivity index (χ1v) is 20.9. The quantitative estimate of drug-likeness (QED) is 0.0757. The topological polar surface area (TPSA) is 173 Å². The fourth-order valence-electron chi connectivity index (χ4n) is 6.58. The molecule has 0 bridgehead atoms. The maximum Gasteiger partial charge on any atom is 0.334 e. The van der Waals surface area contributed by atoms with E-state index in [1.165, 1.54) is 4.90 Å². The highest BCUT2D eigenvalue weighted by molar-refractivity contribution is 6.76. The molecule has 1 aliphatic carbocycles. The lowest BCUT2D eigenvalue weighted by Gasteiger charge is -2.42. The SMILES string of the molecule is CC1(CN2C(=O)N(COCC[Si](C)(C)C)C(=O)C2(C)C)CCC(n2c(=O)c(C(=N)N)c(O)n(CCCCOCc3ccccc3)c2=O)CC1. The fraction of sp³-hybridized carbons (Fsp3) is 0.629. The van der Waals surface area contributed by atoms with Crippen LogP contribution in [0.2, 0.25) is 25.7 Å². The van der Waals surface area contributed by atoms with Crippen LogP contribution >= 0.6 is 0 Å². The Kier molecular flexibility index (Phi) is 12.0. The second-order valence-electron chi connectivity index (χ2n) is 15.5. The van der Waals surface area contributed by atoms with Crippen LogP contribution in [0.3, 0.4) is 0 Å². The smallest absolute Gasteiger partial charge is 0.334 e. The molecule has 1 saturated carbocycles. The highest BCUT2D eigenvalue weighted by Crippen LogP contribution is 2.43. The van der Waals surface area contributed by atoms with Crippen LogP contribution in [0.1, 0.15) is 76.5 Å². The summed E-state index contributed by atoms with van der Waals surface area (Å²) in [5.74, 6) is -1.50. The van der Waals surface area contributed by atoms with E-state index in [2.05, 4.69) is 26.6 Å². The Balaban J connectivity index is 1.42. The Bertz CT molecular complexity index is 1620. The molecular weight excluding hydrogens is 645 g/mol. The number of ether oxygens (including phenoxy) is 2. The summed E-state index contributed by atoms with van der Waals surface area (Å²) in [4.78, 5) is 56.8. The van der Waals surface area contributed by atoms with Crippen LogP contribution in [0, 0.1) is 10.8 Å². The summed E-state index contributed by atoms with van der Waals surface area (Å²) in [5.41, 5.74) is 3.57. The minimum atomic E-state index is -1.32. The molecular formula is C35H54N6O7Si. The summed E-state index contributed by atoms with van der Waals surface area (Å²) in [6.45, 7) is 14.1. The van der Waals surface area contributed by atoms with E-state index in [0.29, 0.717) is 64.9 Å². The van der Waals surface area contributed by atoms with Crippen molar-refractivity contribution in [2.24, 2.45) is 11.1 Å². The van der Waals surface area contributed by atoms with Crippen LogP contribution in [0.15, 0.2) is 39.9 Å². The molecule has 2 fully saturated rings. The highest BCUT2D eigenvalue weighted by Gasteiger charge is 2.53. The molecule has 4 N–H and O–H groups in total. The lowest BCUT2D eigenvalue weighted by Crippen LogP contribution is -2.50. The molecule has 0 spiro atoms. The number of unbranched alkanes of at least 4 members (excludes halogenated alkanes) is 1. The van der Waals surface area contributed by atoms with Crippen molar-refractivity contribution in [3.05, 3.63) is 62.3 Å². The molecule has 1 saturated heterocycles. The van der Waals surface area contributed by atoms with Gasteiger partial charge in [-0.1, -0.05) is 56.9 Å². The maximum atomic E-state index is 13.7. The standard InChI is InChI=1S/C35H54N6O7Si/c1-34(2)31(44)39(24-48-20-21-49(4,5)6)32(45)40(34)23-35(3)16-14-26(15-17-35)41-30(43)27(28(36)37)29(42)38(33(41)46)18-10-11-19-47-22-25-12-8-7-9-13-25/h7-9,12-13,26,42H,10-11,14-24H2,1-6H3,(H3,36,37). The van der Waals surface area contributed by atoms with Crippen LogP contribution in [-0.4, -0.2) is 81.9 Å². The van der Waals surface area contributed by atoms with Crippen molar-refractivity contribution in [3.8, 4) is 5.88 Å². The molecule has 0 atom stereocenters. The van der Waals surface area contributed by atoms with Gasteiger partial charge in [0.2, 0.25) is 5.88 Å². The predicted molar refractivity (Wildman–Crippen MR) is 191 cm³/mol. The Labute approximate surface area is 289 Å². The van der Waals surface area contributed by atoms with E-state index in [4.69, 9.17) is 20.6 Å². The average Bonchev–Trinajstić information content (AvgIpc) is 3.18. The number of aromatic nitrogens is 2. The third-order valence-electron chi connectivity index (χ3n) is 9.84. The zero-order valence-electron chi connectivity index (χ0n) is 29.9. The number of hydrogen-bond acceptors (Lipinski definition) is 8. The van der Waals surface area contributed by atoms with Gasteiger partial charge in [0.05, 0.1) is 6.61 Å². The molecule has 0 radical (unpaired) electrons. The van der Waals surface area contributed by atoms with Crippen LogP contribution in [0.5, 0.6) is 5.88 Å². The maximum absolute atomic E-state index is 13.7. The third kappa shape index (κ3) is 8.89. The summed E-state index contributed by atoms with van der Waals surface area (Å²) in [6, 6.07) is 9.87. The largest absolute Gasteiger partial charge is 0.494 e. The van der Waals surface area contributed by atoms with E-state index in [1.54, 1.807) is 18.7 Å². The molecule has 1 aromatic carbocycles. The number of rotatable bonds is 16. The number of urea groups is 1. The number of carbonyl (C=O) groups excluding carboxylic acids is 2. The van der Waals surface area contributed by atoms with Crippen molar-refractivity contribution in [1.82, 2.24) is 18.9 Å². The van der Waals surface area contributed by atoms with Gasteiger partial charge in [-0.25, -0.2) is 14.5 Å². The number of nitrogens with one attached hydrogen (secondary N) is 1. The lowest BCUT2D eigenvalue weighted by molar-refractivity contribution is -0.135. The van der Waals surface area contributed by atoms with Gasteiger partial charge in [-0.05, 0) is 69.4 Å². The minimum Gasteiger partial charge on any atom is -0.494 e. The summed E-state index contributed by atoms with van der Waals surface area (Å²) < 4.78 is 13.8. The minimum absolute atomic E-state index is 0.0733. The number of imide groups is 1. The van der Waals surface area contributed by atoms with E-state index in [1.807, 2.05) is 30.3 Å². The van der Waals surface area contributed by atoms with Crippen molar-refractivity contribution < 1.29 is 24.2 Å². The summed E-state index contributed by atoms with van der Waals surface area (Å²) in [7, 11) is -1.32. The molecule has 2 aromatic rings. The molecule has 4 rings (SSSR count). The average molecular weight is 699 g/mol. The summed E-state index contributed by atoms with van der Waals surface area (Å²) >= 11 is 0. The van der Waals surface area contributed by atoms with Gasteiger partial charge in [0, 0.05) is 40.4 Å². The Morgan fingerprint density at radius 2 is 1.65 bits per heavy atom. The van der Waals surface area contributed by atoms with Gasteiger partial charge in [0.25, 0.3) is 11.5 Å². The van der Waals surface area contributed by atoms with E-state index in [-0.39, 0.29) is 36.2 Å². The normalized spacial score (nSPS) is 21.1. The number of nitrogen functional groups attached to an aromatic ring is 1. The van der Waals surface area contributed by atoms with E-state index >= 15 is 0 Å². The number of aromatic hydroxyl groups is 1. The third-order valence-corrected chi connectivity index (χ3v) is 11.5. The van der Waals surface area contributed by atoms with Crippen molar-refractivity contribution in [2.45, 2.75) is 110 Å². The zero-order chi connectivity index (χ0) is 36.1. The highest BCUT2D eigenvalue weighted by atomic mass is 28.3. The molecule has 270 valence electrons. The van der Waals surface area contributed by atoms with Crippen molar-refractivity contribution in [1.29, 1.82) is 5.41 Å². The van der Waals surface area contributed by atoms with Gasteiger partial charge < -0.3 is 25.2 Å². The van der Waals surface area contributed by atoms with E-state index in [9.17, 15) is 24.3 Å². The van der Waals surface area contributed by atoms with Crippen LogP contribution < -0.4 is 17.0 Å². The van der Waals surface area contributed by atoms with Gasteiger partial charge in [0.1, 0.15) is 23.7 Å². The molecule has 14 heteroatoms. The molecule has 49 heavy (non-hydrogen) atoms. The molecule has 0 unspecified atom stereocenters. The number of benzene rings is 1. The van der Waals surface area contributed by atoms with Crippen LogP contribution in [0.25, 0.3) is 0 Å². The van der Waals surface area contributed by atoms with Crippen molar-refractivity contribution in [2.75, 3.05) is 26.5 Å². The number of amides is 3. The number of nitrogens with zero attached hydrogens (tertiary/aromatic N) is 4. The van der Waals surface area contributed by atoms with E-state index in [0.717, 1.165) is 20.7 Å². The van der Waals surface area contributed by atoms with Gasteiger partial charge >= 0.3 is 11.7 Å². The molecule has 1 aromatic heterocycles. The van der Waals surface area contributed by atoms with Crippen molar-refractivity contribution in [3.63, 3.8) is 0 Å². The van der Waals surface area contributed by atoms with Crippen LogP contribution in [0.4, 0.5) is 4.79 Å². The lowest BCUT2D eigenvalue weighted by atomic mass is 9.73. The van der Waals surface area contributed by atoms with Gasteiger partial charge in [0.15, 0.2) is 0 Å². The molecule has 2 heterocycles. The summed E-state index contributed by atoms with van der Waals surface area (Å²) in [6.07, 6.45) is 3.20. The fourth-order valence-corrected chi connectivity index (χ4v) is 7.34. The second kappa shape index (κ2) is 15.4.